The molecule has 1 aromatic heterocycles. The molecule has 7 heteroatoms. The third-order valence-electron chi connectivity index (χ3n) is 5.61. The van der Waals surface area contributed by atoms with Crippen molar-refractivity contribution in [1.82, 2.24) is 25.0 Å². The van der Waals surface area contributed by atoms with Crippen LogP contribution in [0.4, 0.5) is 4.79 Å². The second-order valence-corrected chi connectivity index (χ2v) is 8.24. The van der Waals surface area contributed by atoms with Crippen molar-refractivity contribution < 1.29 is 9.90 Å². The average molecular weight is 335 g/mol. The molecule has 2 aliphatic heterocycles. The minimum absolute atomic E-state index is 0.0445. The van der Waals surface area contributed by atoms with Crippen molar-refractivity contribution in [2.24, 2.45) is 5.41 Å². The van der Waals surface area contributed by atoms with E-state index < -0.39 is 6.09 Å². The van der Waals surface area contributed by atoms with Crippen LogP contribution in [0.3, 0.4) is 0 Å². The third kappa shape index (κ3) is 3.55. The van der Waals surface area contributed by atoms with Gasteiger partial charge in [-0.25, -0.2) is 9.78 Å². The Bertz CT molecular complexity index is 554. The summed E-state index contributed by atoms with van der Waals surface area (Å²) in [6, 6.07) is 0.523. The van der Waals surface area contributed by atoms with Crippen LogP contribution in [0.15, 0.2) is 6.33 Å². The Morgan fingerprint density at radius 2 is 2.12 bits per heavy atom. The van der Waals surface area contributed by atoms with Crippen LogP contribution in [-0.4, -0.2) is 67.9 Å². The van der Waals surface area contributed by atoms with Gasteiger partial charge < -0.3 is 10.0 Å². The molecule has 2 N–H and O–H groups in total. The molecule has 0 bridgehead atoms. The second-order valence-electron chi connectivity index (χ2n) is 8.24. The molecule has 3 rings (SSSR count). The highest BCUT2D eigenvalue weighted by Crippen LogP contribution is 2.35. The van der Waals surface area contributed by atoms with Gasteiger partial charge in [-0.15, -0.1) is 0 Å². The molecule has 2 saturated heterocycles. The van der Waals surface area contributed by atoms with Gasteiger partial charge >= 0.3 is 6.09 Å². The predicted molar refractivity (Wildman–Crippen MR) is 90.9 cm³/mol. The van der Waals surface area contributed by atoms with E-state index in [1.54, 1.807) is 11.2 Å². The molecule has 3 atom stereocenters. The zero-order chi connectivity index (χ0) is 17.3. The number of aromatic nitrogens is 3. The van der Waals surface area contributed by atoms with Gasteiger partial charge in [0.25, 0.3) is 0 Å². The van der Waals surface area contributed by atoms with E-state index >= 15 is 0 Å². The molecule has 0 aromatic carbocycles. The highest BCUT2D eigenvalue weighted by Gasteiger charge is 2.41. The van der Waals surface area contributed by atoms with Crippen LogP contribution in [0.25, 0.3) is 0 Å². The molecule has 0 saturated carbocycles. The topological polar surface area (TPSA) is 85.4 Å². The molecule has 2 fully saturated rings. The first kappa shape index (κ1) is 17.2. The summed E-state index contributed by atoms with van der Waals surface area (Å²) in [6.45, 7) is 9.14. The third-order valence-corrected chi connectivity index (χ3v) is 5.61. The number of carbonyl (C=O) groups is 1. The van der Waals surface area contributed by atoms with Crippen LogP contribution in [-0.2, 0) is 0 Å². The van der Waals surface area contributed by atoms with Crippen molar-refractivity contribution in [3.8, 4) is 0 Å². The van der Waals surface area contributed by atoms with Gasteiger partial charge in [-0.2, -0.15) is 5.10 Å². The number of hydrogen-bond donors (Lipinski definition) is 2. The first-order valence-corrected chi connectivity index (χ1v) is 8.95. The van der Waals surface area contributed by atoms with Gasteiger partial charge in [-0.1, -0.05) is 20.8 Å². The van der Waals surface area contributed by atoms with Crippen LogP contribution >= 0.6 is 0 Å². The molecule has 0 spiro atoms. The molecule has 134 valence electrons. The zero-order valence-electron chi connectivity index (χ0n) is 14.9. The van der Waals surface area contributed by atoms with Gasteiger partial charge in [-0.3, -0.25) is 10.00 Å². The summed E-state index contributed by atoms with van der Waals surface area (Å²) in [6.07, 6.45) is 4.93. The maximum Gasteiger partial charge on any atom is 0.407 e. The number of nitrogens with zero attached hydrogens (tertiary/aromatic N) is 4. The van der Waals surface area contributed by atoms with Gasteiger partial charge in [0.15, 0.2) is 0 Å². The maximum absolute atomic E-state index is 11.6. The molecule has 3 heterocycles. The lowest BCUT2D eigenvalue weighted by Gasteiger charge is -2.48. The van der Waals surface area contributed by atoms with E-state index in [-0.39, 0.29) is 11.5 Å². The lowest BCUT2D eigenvalue weighted by Crippen LogP contribution is -2.57. The van der Waals surface area contributed by atoms with Gasteiger partial charge in [0, 0.05) is 31.1 Å². The number of likely N-dealkylation sites (tertiary alicyclic amines) is 2. The summed E-state index contributed by atoms with van der Waals surface area (Å²) in [5.41, 5.74) is -0.0445. The van der Waals surface area contributed by atoms with E-state index in [1.807, 2.05) is 0 Å². The first-order valence-electron chi connectivity index (χ1n) is 8.95. The van der Waals surface area contributed by atoms with E-state index in [4.69, 9.17) is 0 Å². The summed E-state index contributed by atoms with van der Waals surface area (Å²) in [7, 11) is 0. The second kappa shape index (κ2) is 6.70. The highest BCUT2D eigenvalue weighted by atomic mass is 16.4. The van der Waals surface area contributed by atoms with E-state index in [1.165, 1.54) is 0 Å². The monoisotopic (exact) mass is 335 g/mol. The van der Waals surface area contributed by atoms with Crippen LogP contribution in [0.1, 0.15) is 58.2 Å². The minimum atomic E-state index is -0.786. The summed E-state index contributed by atoms with van der Waals surface area (Å²) in [4.78, 5) is 20.1. The number of carboxylic acid groups (broad SMARTS) is 1. The number of H-pyrrole nitrogens is 1. The summed E-state index contributed by atoms with van der Waals surface area (Å²) in [5.74, 6) is 1.39. The van der Waals surface area contributed by atoms with Crippen LogP contribution < -0.4 is 0 Å². The van der Waals surface area contributed by atoms with Crippen LogP contribution in [0.2, 0.25) is 0 Å². The van der Waals surface area contributed by atoms with Crippen molar-refractivity contribution in [2.75, 3.05) is 19.6 Å². The van der Waals surface area contributed by atoms with Crippen molar-refractivity contribution in [1.29, 1.82) is 0 Å². The number of rotatable bonds is 2. The van der Waals surface area contributed by atoms with E-state index in [9.17, 15) is 9.90 Å². The molecule has 0 radical (unpaired) electrons. The molecular formula is C17H29N5O2. The Balaban J connectivity index is 1.69. The Hall–Kier alpha value is -1.63. The van der Waals surface area contributed by atoms with Crippen molar-refractivity contribution in [2.45, 2.75) is 64.5 Å². The van der Waals surface area contributed by atoms with Gasteiger partial charge in [0.05, 0.1) is 0 Å². The van der Waals surface area contributed by atoms with Gasteiger partial charge in [0.1, 0.15) is 12.2 Å². The molecule has 24 heavy (non-hydrogen) atoms. The molecular weight excluding hydrogens is 306 g/mol. The van der Waals surface area contributed by atoms with E-state index in [0.717, 1.165) is 44.6 Å². The molecule has 3 unspecified atom stereocenters. The van der Waals surface area contributed by atoms with Gasteiger partial charge in [-0.05, 0) is 37.6 Å². The first-order chi connectivity index (χ1) is 11.4. The molecule has 1 amide bonds. The Morgan fingerprint density at radius 3 is 2.75 bits per heavy atom. The van der Waals surface area contributed by atoms with E-state index in [2.05, 4.69) is 40.9 Å². The van der Waals surface area contributed by atoms with Crippen molar-refractivity contribution in [3.63, 3.8) is 0 Å². The predicted octanol–water partition coefficient (Wildman–Crippen LogP) is 2.54. The van der Waals surface area contributed by atoms with Crippen molar-refractivity contribution >= 4 is 6.09 Å². The summed E-state index contributed by atoms with van der Waals surface area (Å²) >= 11 is 0. The largest absolute Gasteiger partial charge is 0.465 e. The fourth-order valence-corrected chi connectivity index (χ4v) is 4.30. The minimum Gasteiger partial charge on any atom is -0.465 e. The fraction of sp³-hybridized carbons (Fsp3) is 0.824. The SMILES string of the molecule is CC(C)(C)C1CC(N2CCCC(c3ncn[nH]3)C2)CCN1C(=O)O. The standard InChI is InChI=1S/C17H29N5O2/c1-17(2,3)14-9-13(6-8-22(14)16(23)24)21-7-4-5-12(10-21)15-18-11-19-20-15/h11-14H,4-10H2,1-3H3,(H,23,24)(H,18,19,20). The molecule has 7 nitrogen and oxygen atoms in total. The molecule has 2 aliphatic rings. The smallest absolute Gasteiger partial charge is 0.407 e. The van der Waals surface area contributed by atoms with Crippen molar-refractivity contribution in [3.05, 3.63) is 12.2 Å². The normalized spacial score (nSPS) is 29.6. The Kier molecular flexibility index (Phi) is 4.80. The lowest BCUT2D eigenvalue weighted by molar-refractivity contribution is 0.0123. The average Bonchev–Trinajstić information content (AvgIpc) is 3.08. The summed E-state index contributed by atoms with van der Waals surface area (Å²) < 4.78 is 0. The number of amides is 1. The fourth-order valence-electron chi connectivity index (χ4n) is 4.30. The number of aromatic amines is 1. The maximum atomic E-state index is 11.6. The molecule has 0 aliphatic carbocycles. The quantitative estimate of drug-likeness (QED) is 0.867. The number of nitrogens with one attached hydrogen (secondary N) is 1. The zero-order valence-corrected chi connectivity index (χ0v) is 14.9. The molecule has 1 aromatic rings. The summed E-state index contributed by atoms with van der Waals surface area (Å²) in [5, 5.41) is 16.5. The Labute approximate surface area is 143 Å². The highest BCUT2D eigenvalue weighted by molar-refractivity contribution is 5.65. The van der Waals surface area contributed by atoms with Crippen LogP contribution in [0, 0.1) is 5.41 Å². The number of hydrogen-bond acceptors (Lipinski definition) is 4. The van der Waals surface area contributed by atoms with E-state index in [0.29, 0.717) is 18.5 Å². The number of piperidine rings is 2. The Morgan fingerprint density at radius 1 is 1.33 bits per heavy atom. The van der Waals surface area contributed by atoms with Gasteiger partial charge in [0.2, 0.25) is 0 Å². The van der Waals surface area contributed by atoms with Crippen LogP contribution in [0.5, 0.6) is 0 Å². The lowest BCUT2D eigenvalue weighted by atomic mass is 9.78.